The first-order chi connectivity index (χ1) is 10.6. The highest BCUT2D eigenvalue weighted by molar-refractivity contribution is 9.10. The van der Waals surface area contributed by atoms with Crippen molar-refractivity contribution in [2.75, 3.05) is 5.32 Å². The highest BCUT2D eigenvalue weighted by atomic mass is 79.9. The van der Waals surface area contributed by atoms with Crippen LogP contribution in [0.15, 0.2) is 18.2 Å². The number of hydrogen-bond donors (Lipinski definition) is 1. The number of rotatable bonds is 2. The summed E-state index contributed by atoms with van der Waals surface area (Å²) in [5.74, 6) is 0.0519. The molecule has 1 N–H and O–H groups in total. The van der Waals surface area contributed by atoms with Crippen LogP contribution in [0.4, 0.5) is 5.69 Å². The van der Waals surface area contributed by atoms with Crippen molar-refractivity contribution in [2.24, 2.45) is 16.2 Å². The number of Topliss-reactive ketones (excluding diaryl/α,β-unsaturated/α-hetero) is 1. The topological polar surface area (TPSA) is 46.2 Å². The maximum atomic E-state index is 13.2. The Labute approximate surface area is 150 Å². The normalized spacial score (nSPS) is 34.7. The van der Waals surface area contributed by atoms with Gasteiger partial charge in [-0.2, -0.15) is 0 Å². The van der Waals surface area contributed by atoms with Gasteiger partial charge in [-0.1, -0.05) is 54.4 Å². The lowest BCUT2D eigenvalue weighted by molar-refractivity contribution is -0.130. The molecule has 2 bridgehead atoms. The van der Waals surface area contributed by atoms with Gasteiger partial charge in [-0.15, -0.1) is 0 Å². The Balaban J connectivity index is 2.02. The third kappa shape index (κ3) is 1.88. The molecule has 1 aromatic carbocycles. The summed E-state index contributed by atoms with van der Waals surface area (Å²) < 4.78 is 0. The average molecular weight is 399 g/mol. The Hall–Kier alpha value is -0.870. The van der Waals surface area contributed by atoms with Gasteiger partial charge in [0.05, 0.1) is 10.2 Å². The second-order valence-electron chi connectivity index (χ2n) is 7.52. The van der Waals surface area contributed by atoms with Gasteiger partial charge in [-0.05, 0) is 42.9 Å². The van der Waals surface area contributed by atoms with E-state index in [1.54, 1.807) is 6.07 Å². The minimum Gasteiger partial charge on any atom is -0.325 e. The van der Waals surface area contributed by atoms with Gasteiger partial charge in [0.1, 0.15) is 0 Å². The molecule has 3 nitrogen and oxygen atoms in total. The van der Waals surface area contributed by atoms with Crippen LogP contribution in [-0.4, -0.2) is 16.5 Å². The highest BCUT2D eigenvalue weighted by Crippen LogP contribution is 2.72. The zero-order valence-electron chi connectivity index (χ0n) is 13.8. The van der Waals surface area contributed by atoms with Gasteiger partial charge in [-0.3, -0.25) is 9.59 Å². The van der Waals surface area contributed by atoms with Crippen molar-refractivity contribution in [3.8, 4) is 0 Å². The standard InChI is InChI=1S/C18H21BrClNO2/c1-10-11(20)6-5-7-12(10)21-15(23)18-9-8-17(4,16(18,2)3)14(22)13(18)19/h5-7,13H,8-9H2,1-4H3,(H,21,23)/t13-,17-,18-/m0/s1. The maximum absolute atomic E-state index is 13.2. The first-order valence-corrected chi connectivity index (χ1v) is 9.14. The number of anilines is 1. The van der Waals surface area contributed by atoms with Gasteiger partial charge in [0, 0.05) is 16.1 Å². The molecule has 0 radical (unpaired) electrons. The summed E-state index contributed by atoms with van der Waals surface area (Å²) in [5, 5.41) is 3.65. The van der Waals surface area contributed by atoms with Gasteiger partial charge in [0.25, 0.3) is 0 Å². The third-order valence-electron chi connectivity index (χ3n) is 6.64. The molecule has 3 atom stereocenters. The fourth-order valence-corrected chi connectivity index (χ4v) is 6.12. The van der Waals surface area contributed by atoms with E-state index in [4.69, 9.17) is 11.6 Å². The van der Waals surface area contributed by atoms with E-state index in [1.807, 2.05) is 39.8 Å². The van der Waals surface area contributed by atoms with Crippen LogP contribution in [0.3, 0.4) is 0 Å². The van der Waals surface area contributed by atoms with E-state index in [2.05, 4.69) is 21.2 Å². The number of nitrogens with one attached hydrogen (secondary N) is 1. The molecular weight excluding hydrogens is 378 g/mol. The molecule has 0 spiro atoms. The number of alkyl halides is 1. The van der Waals surface area contributed by atoms with Crippen LogP contribution < -0.4 is 5.32 Å². The monoisotopic (exact) mass is 397 g/mol. The number of carbonyl (C=O) groups excluding carboxylic acids is 2. The Morgan fingerprint density at radius 2 is 1.96 bits per heavy atom. The van der Waals surface area contributed by atoms with Crippen LogP contribution >= 0.6 is 27.5 Å². The molecule has 1 aromatic rings. The van der Waals surface area contributed by atoms with Crippen molar-refractivity contribution < 1.29 is 9.59 Å². The summed E-state index contributed by atoms with van der Waals surface area (Å²) in [6.45, 7) is 7.97. The quantitative estimate of drug-likeness (QED) is 0.731. The number of fused-ring (bicyclic) bond motifs is 2. The summed E-state index contributed by atoms with van der Waals surface area (Å²) in [4.78, 5) is 25.5. The fraction of sp³-hybridized carbons (Fsp3) is 0.556. The molecule has 0 aliphatic heterocycles. The smallest absolute Gasteiger partial charge is 0.232 e. The summed E-state index contributed by atoms with van der Waals surface area (Å²) in [6.07, 6.45) is 1.46. The summed E-state index contributed by atoms with van der Waals surface area (Å²) >= 11 is 9.69. The summed E-state index contributed by atoms with van der Waals surface area (Å²) in [7, 11) is 0. The molecule has 124 valence electrons. The molecular formula is C18H21BrClNO2. The van der Waals surface area contributed by atoms with E-state index >= 15 is 0 Å². The SMILES string of the molecule is Cc1c(Cl)cccc1NC(=O)[C@]12CC[C@@](C)(C(=O)[C@@H]1Br)C2(C)C. The molecule has 2 aliphatic rings. The molecule has 3 rings (SSSR count). The van der Waals surface area contributed by atoms with Gasteiger partial charge in [0.15, 0.2) is 5.78 Å². The molecule has 2 saturated carbocycles. The highest BCUT2D eigenvalue weighted by Gasteiger charge is 2.76. The average Bonchev–Trinajstić information content (AvgIpc) is 2.76. The lowest BCUT2D eigenvalue weighted by Gasteiger charge is -2.39. The Morgan fingerprint density at radius 1 is 1.30 bits per heavy atom. The van der Waals surface area contributed by atoms with Crippen molar-refractivity contribution in [3.05, 3.63) is 28.8 Å². The molecule has 2 aliphatic carbocycles. The lowest BCUT2D eigenvalue weighted by atomic mass is 9.64. The molecule has 0 aromatic heterocycles. The van der Waals surface area contributed by atoms with E-state index in [1.165, 1.54) is 0 Å². The van der Waals surface area contributed by atoms with Crippen molar-refractivity contribution in [2.45, 2.75) is 45.4 Å². The van der Waals surface area contributed by atoms with Gasteiger partial charge in [0.2, 0.25) is 5.91 Å². The number of amides is 1. The van der Waals surface area contributed by atoms with Crippen molar-refractivity contribution in [1.29, 1.82) is 0 Å². The molecule has 0 saturated heterocycles. The second-order valence-corrected chi connectivity index (χ2v) is 8.84. The first kappa shape index (κ1) is 17.0. The van der Waals surface area contributed by atoms with E-state index in [-0.39, 0.29) is 11.7 Å². The van der Waals surface area contributed by atoms with Crippen LogP contribution in [0, 0.1) is 23.2 Å². The maximum Gasteiger partial charge on any atom is 0.232 e. The predicted molar refractivity (Wildman–Crippen MR) is 96.1 cm³/mol. The van der Waals surface area contributed by atoms with Crippen LogP contribution in [-0.2, 0) is 9.59 Å². The lowest BCUT2D eigenvalue weighted by Crippen LogP contribution is -2.48. The number of carbonyl (C=O) groups is 2. The molecule has 0 unspecified atom stereocenters. The number of ketones is 1. The van der Waals surface area contributed by atoms with Crippen molar-refractivity contribution >= 4 is 44.9 Å². The minimum atomic E-state index is -0.729. The van der Waals surface area contributed by atoms with Crippen LogP contribution in [0.2, 0.25) is 5.02 Å². The number of benzene rings is 1. The molecule has 1 amide bonds. The Kier molecular flexibility index (Phi) is 3.73. The van der Waals surface area contributed by atoms with E-state index in [0.717, 1.165) is 12.0 Å². The molecule has 23 heavy (non-hydrogen) atoms. The fourth-order valence-electron chi connectivity index (χ4n) is 4.43. The van der Waals surface area contributed by atoms with Crippen LogP contribution in [0.1, 0.15) is 39.2 Å². The minimum absolute atomic E-state index is 0.0932. The predicted octanol–water partition coefficient (Wildman–Crippen LogP) is 4.75. The van der Waals surface area contributed by atoms with E-state index in [9.17, 15) is 9.59 Å². The second kappa shape index (κ2) is 5.06. The Bertz CT molecular complexity index is 717. The van der Waals surface area contributed by atoms with E-state index < -0.39 is 21.1 Å². The van der Waals surface area contributed by atoms with Crippen LogP contribution in [0.5, 0.6) is 0 Å². The van der Waals surface area contributed by atoms with Gasteiger partial charge in [-0.25, -0.2) is 0 Å². The largest absolute Gasteiger partial charge is 0.325 e. The van der Waals surface area contributed by atoms with Gasteiger partial charge >= 0.3 is 0 Å². The van der Waals surface area contributed by atoms with E-state index in [0.29, 0.717) is 17.1 Å². The first-order valence-electron chi connectivity index (χ1n) is 7.84. The van der Waals surface area contributed by atoms with Gasteiger partial charge < -0.3 is 5.32 Å². The zero-order chi connectivity index (χ0) is 17.2. The summed E-state index contributed by atoms with van der Waals surface area (Å²) in [5.41, 5.74) is -0.0367. The Morgan fingerprint density at radius 3 is 2.52 bits per heavy atom. The van der Waals surface area contributed by atoms with Crippen molar-refractivity contribution in [1.82, 2.24) is 0 Å². The summed E-state index contributed by atoms with van der Waals surface area (Å²) in [6, 6.07) is 5.46. The molecule has 5 heteroatoms. The van der Waals surface area contributed by atoms with Crippen molar-refractivity contribution in [3.63, 3.8) is 0 Å². The third-order valence-corrected chi connectivity index (χ3v) is 8.25. The molecule has 2 fully saturated rings. The number of hydrogen-bond acceptors (Lipinski definition) is 2. The van der Waals surface area contributed by atoms with Crippen LogP contribution in [0.25, 0.3) is 0 Å². The zero-order valence-corrected chi connectivity index (χ0v) is 16.1. The molecule has 0 heterocycles. The number of halogens is 2.